The van der Waals surface area contributed by atoms with Crippen LogP contribution >= 0.6 is 12.2 Å². The molecule has 4 heteroatoms. The normalized spacial score (nSPS) is 10.8. The molecule has 1 N–H and O–H groups in total. The molecule has 1 aromatic heterocycles. The van der Waals surface area contributed by atoms with Gasteiger partial charge in [-0.05, 0) is 49.3 Å². The summed E-state index contributed by atoms with van der Waals surface area (Å²) in [6.45, 7) is 4.24. The first kappa shape index (κ1) is 13.8. The SMILES string of the molecule is Cc1ccc(C)c(Cc2n[nH]c(=S)n2-c2ccccc2)c1. The highest BCUT2D eigenvalue weighted by Crippen LogP contribution is 2.17. The summed E-state index contributed by atoms with van der Waals surface area (Å²) < 4.78 is 2.62. The van der Waals surface area contributed by atoms with Crippen molar-refractivity contribution in [2.75, 3.05) is 0 Å². The molecule has 0 unspecified atom stereocenters. The molecule has 0 fully saturated rings. The first-order valence-corrected chi connectivity index (χ1v) is 7.34. The van der Waals surface area contributed by atoms with Crippen LogP contribution in [0, 0.1) is 18.6 Å². The maximum Gasteiger partial charge on any atom is 0.199 e. The molecular weight excluding hydrogens is 278 g/mol. The van der Waals surface area contributed by atoms with Crippen LogP contribution in [-0.4, -0.2) is 14.8 Å². The molecule has 1 heterocycles. The Labute approximate surface area is 129 Å². The van der Waals surface area contributed by atoms with Crippen LogP contribution < -0.4 is 0 Å². The molecule has 0 aliphatic heterocycles. The molecule has 0 atom stereocenters. The van der Waals surface area contributed by atoms with E-state index in [4.69, 9.17) is 12.2 Å². The van der Waals surface area contributed by atoms with Crippen molar-refractivity contribution in [1.82, 2.24) is 14.8 Å². The second-order valence-corrected chi connectivity index (χ2v) is 5.61. The number of H-pyrrole nitrogens is 1. The second-order valence-electron chi connectivity index (χ2n) is 5.22. The molecule has 21 heavy (non-hydrogen) atoms. The van der Waals surface area contributed by atoms with Crippen molar-refractivity contribution >= 4 is 12.2 Å². The van der Waals surface area contributed by atoms with E-state index in [0.29, 0.717) is 4.77 Å². The first-order valence-electron chi connectivity index (χ1n) is 6.93. The van der Waals surface area contributed by atoms with Gasteiger partial charge >= 0.3 is 0 Å². The molecule has 2 aromatic carbocycles. The summed E-state index contributed by atoms with van der Waals surface area (Å²) in [5.41, 5.74) is 4.85. The fraction of sp³-hybridized carbons (Fsp3) is 0.176. The molecule has 0 aliphatic rings. The second kappa shape index (κ2) is 5.66. The number of benzene rings is 2. The highest BCUT2D eigenvalue weighted by atomic mass is 32.1. The van der Waals surface area contributed by atoms with Gasteiger partial charge in [0.2, 0.25) is 0 Å². The number of aromatic nitrogens is 3. The minimum Gasteiger partial charge on any atom is -0.272 e. The van der Waals surface area contributed by atoms with Crippen molar-refractivity contribution in [2.45, 2.75) is 20.3 Å². The number of aryl methyl sites for hydroxylation is 2. The van der Waals surface area contributed by atoms with Gasteiger partial charge in [-0.1, -0.05) is 42.0 Å². The fourth-order valence-corrected chi connectivity index (χ4v) is 2.71. The van der Waals surface area contributed by atoms with Crippen LogP contribution in [0.15, 0.2) is 48.5 Å². The molecule has 3 rings (SSSR count). The number of nitrogens with zero attached hydrogens (tertiary/aromatic N) is 2. The summed E-state index contributed by atoms with van der Waals surface area (Å²) in [7, 11) is 0. The summed E-state index contributed by atoms with van der Waals surface area (Å²) >= 11 is 5.37. The highest BCUT2D eigenvalue weighted by molar-refractivity contribution is 7.71. The Hall–Kier alpha value is -2.20. The van der Waals surface area contributed by atoms with E-state index in [0.717, 1.165) is 17.9 Å². The van der Waals surface area contributed by atoms with E-state index in [-0.39, 0.29) is 0 Å². The zero-order chi connectivity index (χ0) is 14.8. The molecule has 106 valence electrons. The average molecular weight is 295 g/mol. The van der Waals surface area contributed by atoms with Crippen LogP contribution in [0.3, 0.4) is 0 Å². The van der Waals surface area contributed by atoms with Gasteiger partial charge in [0.05, 0.1) is 0 Å². The van der Waals surface area contributed by atoms with Gasteiger partial charge < -0.3 is 0 Å². The van der Waals surface area contributed by atoms with Gasteiger partial charge in [-0.3, -0.25) is 9.67 Å². The number of rotatable bonds is 3. The summed E-state index contributed by atoms with van der Waals surface area (Å²) in [6, 6.07) is 16.6. The first-order chi connectivity index (χ1) is 10.1. The summed E-state index contributed by atoms with van der Waals surface area (Å²) in [4.78, 5) is 0. The van der Waals surface area contributed by atoms with Crippen LogP contribution in [0.2, 0.25) is 0 Å². The molecule has 0 bridgehead atoms. The molecule has 0 saturated heterocycles. The monoisotopic (exact) mass is 295 g/mol. The van der Waals surface area contributed by atoms with Crippen LogP contribution in [0.4, 0.5) is 0 Å². The van der Waals surface area contributed by atoms with Crippen molar-refractivity contribution < 1.29 is 0 Å². The van der Waals surface area contributed by atoms with Gasteiger partial charge in [-0.2, -0.15) is 5.10 Å². The number of nitrogens with one attached hydrogen (secondary N) is 1. The smallest absolute Gasteiger partial charge is 0.199 e. The third-order valence-corrected chi connectivity index (χ3v) is 3.88. The Kier molecular flexibility index (Phi) is 3.71. The Bertz CT molecular complexity index is 816. The van der Waals surface area contributed by atoms with Crippen LogP contribution in [0.25, 0.3) is 5.69 Å². The minimum absolute atomic E-state index is 0.626. The van der Waals surface area contributed by atoms with E-state index in [1.165, 1.54) is 16.7 Å². The average Bonchev–Trinajstić information content (AvgIpc) is 2.85. The summed E-state index contributed by atoms with van der Waals surface area (Å²) in [5.74, 6) is 0.930. The molecular formula is C17H17N3S. The summed E-state index contributed by atoms with van der Waals surface area (Å²) in [6.07, 6.45) is 0.759. The molecule has 0 radical (unpaired) electrons. The van der Waals surface area contributed by atoms with E-state index in [1.807, 2.05) is 34.9 Å². The Morgan fingerprint density at radius 2 is 1.86 bits per heavy atom. The third-order valence-electron chi connectivity index (χ3n) is 3.61. The van der Waals surface area contributed by atoms with Crippen LogP contribution in [-0.2, 0) is 6.42 Å². The fourth-order valence-electron chi connectivity index (χ4n) is 2.45. The van der Waals surface area contributed by atoms with Crippen molar-refractivity contribution in [3.63, 3.8) is 0 Å². The van der Waals surface area contributed by atoms with Crippen LogP contribution in [0.1, 0.15) is 22.5 Å². The predicted molar refractivity (Wildman–Crippen MR) is 87.5 cm³/mol. The van der Waals surface area contributed by atoms with E-state index in [9.17, 15) is 0 Å². The Morgan fingerprint density at radius 3 is 2.62 bits per heavy atom. The van der Waals surface area contributed by atoms with Crippen molar-refractivity contribution in [3.8, 4) is 5.69 Å². The largest absolute Gasteiger partial charge is 0.272 e. The van der Waals surface area contributed by atoms with Gasteiger partial charge in [0.1, 0.15) is 5.82 Å². The lowest BCUT2D eigenvalue weighted by Gasteiger charge is -2.09. The number of hydrogen-bond acceptors (Lipinski definition) is 2. The maximum absolute atomic E-state index is 5.37. The van der Waals surface area contributed by atoms with E-state index in [2.05, 4.69) is 42.2 Å². The minimum atomic E-state index is 0.626. The highest BCUT2D eigenvalue weighted by Gasteiger charge is 2.10. The third kappa shape index (κ3) is 2.81. The molecule has 0 aliphatic carbocycles. The molecule has 3 nitrogen and oxygen atoms in total. The number of para-hydroxylation sites is 1. The van der Waals surface area contributed by atoms with Gasteiger partial charge in [0, 0.05) is 12.1 Å². The lowest BCUT2D eigenvalue weighted by atomic mass is 10.0. The van der Waals surface area contributed by atoms with Gasteiger partial charge in [0.15, 0.2) is 4.77 Å². The van der Waals surface area contributed by atoms with E-state index < -0.39 is 0 Å². The Morgan fingerprint density at radius 1 is 1.10 bits per heavy atom. The van der Waals surface area contributed by atoms with Crippen molar-refractivity contribution in [2.24, 2.45) is 0 Å². The zero-order valence-electron chi connectivity index (χ0n) is 12.1. The standard InChI is InChI=1S/C17H17N3S/c1-12-8-9-13(2)14(10-12)11-16-18-19-17(21)20(16)15-6-4-3-5-7-15/h3-10H,11H2,1-2H3,(H,19,21). The maximum atomic E-state index is 5.37. The van der Waals surface area contributed by atoms with E-state index in [1.54, 1.807) is 0 Å². The molecule has 3 aromatic rings. The lowest BCUT2D eigenvalue weighted by molar-refractivity contribution is 0.897. The lowest BCUT2D eigenvalue weighted by Crippen LogP contribution is -2.03. The molecule has 0 saturated carbocycles. The van der Waals surface area contributed by atoms with Gasteiger partial charge in [-0.25, -0.2) is 0 Å². The zero-order valence-corrected chi connectivity index (χ0v) is 12.9. The number of hydrogen-bond donors (Lipinski definition) is 1. The van der Waals surface area contributed by atoms with E-state index >= 15 is 0 Å². The number of aromatic amines is 1. The molecule has 0 spiro atoms. The van der Waals surface area contributed by atoms with Gasteiger partial charge in [0.25, 0.3) is 0 Å². The van der Waals surface area contributed by atoms with Gasteiger partial charge in [-0.15, -0.1) is 0 Å². The van der Waals surface area contributed by atoms with Crippen LogP contribution in [0.5, 0.6) is 0 Å². The molecule has 0 amide bonds. The topological polar surface area (TPSA) is 33.6 Å². The van der Waals surface area contributed by atoms with Crippen molar-refractivity contribution in [1.29, 1.82) is 0 Å². The van der Waals surface area contributed by atoms with Crippen molar-refractivity contribution in [3.05, 3.63) is 75.8 Å². The summed E-state index contributed by atoms with van der Waals surface area (Å²) in [5, 5.41) is 7.31. The predicted octanol–water partition coefficient (Wildman–Crippen LogP) is 4.14. The quantitative estimate of drug-likeness (QED) is 0.737. The Balaban J connectivity index is 2.05.